The second-order valence-electron chi connectivity index (χ2n) is 7.28. The Morgan fingerprint density at radius 2 is 1.33 bits per heavy atom. The standard InChI is InChI=1S/C22H38N2O3/c1-19(14-10-6-2-4-8-12-16-25)23-20-18-21(20)24-22(27)15-11-7-3-5-9-13-17-26/h10-11,14-15,20-21,23,25-26H,1-9,12-13,16-18H2,(H,24,27)/b14-10+,15-11+/t20-,21+/m1/s1. The zero-order valence-electron chi connectivity index (χ0n) is 16.7. The Hall–Kier alpha value is -1.59. The zero-order chi connectivity index (χ0) is 19.7. The molecule has 1 aliphatic rings. The van der Waals surface area contributed by atoms with Gasteiger partial charge in [0.2, 0.25) is 5.91 Å². The van der Waals surface area contributed by atoms with Crippen LogP contribution in [0.25, 0.3) is 0 Å². The molecule has 1 amide bonds. The molecule has 0 aromatic heterocycles. The number of rotatable bonds is 17. The molecule has 154 valence electrons. The first kappa shape index (κ1) is 23.4. The lowest BCUT2D eigenvalue weighted by Crippen LogP contribution is -2.30. The maximum atomic E-state index is 11.9. The van der Waals surface area contributed by atoms with Crippen LogP contribution in [0.5, 0.6) is 0 Å². The highest BCUT2D eigenvalue weighted by molar-refractivity contribution is 5.88. The van der Waals surface area contributed by atoms with Crippen molar-refractivity contribution in [3.8, 4) is 0 Å². The molecular weight excluding hydrogens is 340 g/mol. The van der Waals surface area contributed by atoms with Crippen LogP contribution < -0.4 is 10.6 Å². The van der Waals surface area contributed by atoms with Gasteiger partial charge in [-0.3, -0.25) is 4.79 Å². The molecule has 27 heavy (non-hydrogen) atoms. The van der Waals surface area contributed by atoms with Crippen LogP contribution in [0.15, 0.2) is 36.6 Å². The summed E-state index contributed by atoms with van der Waals surface area (Å²) in [7, 11) is 0. The summed E-state index contributed by atoms with van der Waals surface area (Å²) in [6.45, 7) is 4.57. The monoisotopic (exact) mass is 378 g/mol. The lowest BCUT2D eigenvalue weighted by Gasteiger charge is -2.06. The van der Waals surface area contributed by atoms with E-state index in [0.29, 0.717) is 0 Å². The molecule has 1 rings (SSSR count). The third-order valence-corrected chi connectivity index (χ3v) is 4.63. The topological polar surface area (TPSA) is 81.6 Å². The summed E-state index contributed by atoms with van der Waals surface area (Å²) in [5.74, 6) is -0.0244. The first-order valence-electron chi connectivity index (χ1n) is 10.5. The molecule has 1 aliphatic carbocycles. The van der Waals surface area contributed by atoms with Gasteiger partial charge in [-0.2, -0.15) is 0 Å². The Kier molecular flexibility index (Phi) is 13.4. The first-order valence-corrected chi connectivity index (χ1v) is 10.5. The average Bonchev–Trinajstić information content (AvgIpc) is 3.37. The van der Waals surface area contributed by atoms with Crippen LogP contribution in [-0.4, -0.2) is 41.4 Å². The van der Waals surface area contributed by atoms with Crippen molar-refractivity contribution in [2.24, 2.45) is 0 Å². The fourth-order valence-electron chi connectivity index (χ4n) is 2.90. The Bertz CT molecular complexity index is 432. The Labute approximate surface area is 164 Å². The van der Waals surface area contributed by atoms with Crippen LogP contribution >= 0.6 is 0 Å². The van der Waals surface area contributed by atoms with E-state index in [1.807, 2.05) is 12.2 Å². The van der Waals surface area contributed by atoms with Crippen molar-refractivity contribution in [3.05, 3.63) is 36.6 Å². The summed E-state index contributed by atoms with van der Waals surface area (Å²) < 4.78 is 0. The number of carbonyl (C=O) groups excluding carboxylic acids is 1. The van der Waals surface area contributed by atoms with Crippen LogP contribution in [0.4, 0.5) is 0 Å². The molecule has 0 aromatic carbocycles. The molecule has 0 aromatic rings. The minimum Gasteiger partial charge on any atom is -0.396 e. The highest BCUT2D eigenvalue weighted by Crippen LogP contribution is 2.22. The lowest BCUT2D eigenvalue weighted by atomic mass is 10.1. The van der Waals surface area contributed by atoms with E-state index in [0.717, 1.165) is 76.3 Å². The third-order valence-electron chi connectivity index (χ3n) is 4.63. The first-order chi connectivity index (χ1) is 13.2. The molecule has 0 radical (unpaired) electrons. The van der Waals surface area contributed by atoms with Gasteiger partial charge >= 0.3 is 0 Å². The average molecular weight is 379 g/mol. The van der Waals surface area contributed by atoms with Crippen LogP contribution in [0.2, 0.25) is 0 Å². The molecule has 0 spiro atoms. The van der Waals surface area contributed by atoms with Crippen LogP contribution in [0, 0.1) is 0 Å². The van der Waals surface area contributed by atoms with Crippen molar-refractivity contribution in [2.75, 3.05) is 13.2 Å². The number of allylic oxidation sites excluding steroid dienone is 3. The number of unbranched alkanes of at least 4 members (excludes halogenated alkanes) is 8. The minimum absolute atomic E-state index is 0.0244. The van der Waals surface area contributed by atoms with Crippen molar-refractivity contribution in [2.45, 2.75) is 82.7 Å². The number of nitrogens with one attached hydrogen (secondary N) is 2. The van der Waals surface area contributed by atoms with Gasteiger partial charge in [0, 0.05) is 25.0 Å². The Balaban J connectivity index is 2.03. The second kappa shape index (κ2) is 15.5. The predicted molar refractivity (Wildman–Crippen MR) is 111 cm³/mol. The molecular formula is C22H38N2O3. The van der Waals surface area contributed by atoms with Gasteiger partial charge in [-0.05, 0) is 57.1 Å². The van der Waals surface area contributed by atoms with E-state index in [1.54, 1.807) is 6.08 Å². The minimum atomic E-state index is -0.0244. The van der Waals surface area contributed by atoms with Crippen molar-refractivity contribution in [1.29, 1.82) is 0 Å². The molecule has 4 N–H and O–H groups in total. The van der Waals surface area contributed by atoms with E-state index in [-0.39, 0.29) is 31.2 Å². The summed E-state index contributed by atoms with van der Waals surface area (Å²) in [6.07, 6.45) is 18.9. The number of hydrogen-bond donors (Lipinski definition) is 4. The zero-order valence-corrected chi connectivity index (χ0v) is 16.7. The number of aliphatic hydroxyl groups is 2. The molecule has 0 saturated heterocycles. The quantitative estimate of drug-likeness (QED) is 0.178. The molecule has 0 bridgehead atoms. The van der Waals surface area contributed by atoms with Crippen molar-refractivity contribution in [1.82, 2.24) is 10.6 Å². The molecule has 5 heteroatoms. The van der Waals surface area contributed by atoms with Crippen molar-refractivity contribution in [3.63, 3.8) is 0 Å². The van der Waals surface area contributed by atoms with Gasteiger partial charge in [-0.25, -0.2) is 0 Å². The summed E-state index contributed by atoms with van der Waals surface area (Å²) in [5.41, 5.74) is 0.894. The summed E-state index contributed by atoms with van der Waals surface area (Å²) >= 11 is 0. The maximum absolute atomic E-state index is 11.9. The summed E-state index contributed by atoms with van der Waals surface area (Å²) in [6, 6.07) is 0.470. The predicted octanol–water partition coefficient (Wildman–Crippen LogP) is 3.34. The van der Waals surface area contributed by atoms with Crippen LogP contribution in [0.1, 0.15) is 70.6 Å². The highest BCUT2D eigenvalue weighted by Gasteiger charge is 2.37. The Morgan fingerprint density at radius 1 is 0.815 bits per heavy atom. The van der Waals surface area contributed by atoms with Crippen molar-refractivity contribution >= 4 is 5.91 Å². The van der Waals surface area contributed by atoms with Crippen LogP contribution in [0.3, 0.4) is 0 Å². The molecule has 0 aliphatic heterocycles. The third kappa shape index (κ3) is 13.3. The highest BCUT2D eigenvalue weighted by atomic mass is 16.3. The fourth-order valence-corrected chi connectivity index (χ4v) is 2.90. The number of hydrogen-bond acceptors (Lipinski definition) is 4. The van der Waals surface area contributed by atoms with Gasteiger partial charge in [0.15, 0.2) is 0 Å². The fraction of sp³-hybridized carbons (Fsp3) is 0.682. The molecule has 1 saturated carbocycles. The van der Waals surface area contributed by atoms with Gasteiger partial charge in [-0.1, -0.05) is 44.4 Å². The molecule has 2 atom stereocenters. The van der Waals surface area contributed by atoms with E-state index in [4.69, 9.17) is 10.2 Å². The van der Waals surface area contributed by atoms with Gasteiger partial charge in [-0.15, -0.1) is 0 Å². The smallest absolute Gasteiger partial charge is 0.243 e. The summed E-state index contributed by atoms with van der Waals surface area (Å²) in [5, 5.41) is 23.8. The number of aliphatic hydroxyl groups excluding tert-OH is 2. The molecule has 0 heterocycles. The lowest BCUT2D eigenvalue weighted by molar-refractivity contribution is -0.116. The van der Waals surface area contributed by atoms with Gasteiger partial charge < -0.3 is 20.8 Å². The second-order valence-corrected chi connectivity index (χ2v) is 7.28. The van der Waals surface area contributed by atoms with Crippen molar-refractivity contribution < 1.29 is 15.0 Å². The van der Waals surface area contributed by atoms with E-state index < -0.39 is 0 Å². The van der Waals surface area contributed by atoms with E-state index in [9.17, 15) is 4.79 Å². The maximum Gasteiger partial charge on any atom is 0.243 e. The van der Waals surface area contributed by atoms with Crippen LogP contribution in [-0.2, 0) is 4.79 Å². The Morgan fingerprint density at radius 3 is 1.93 bits per heavy atom. The van der Waals surface area contributed by atoms with Gasteiger partial charge in [0.25, 0.3) is 0 Å². The van der Waals surface area contributed by atoms with Gasteiger partial charge in [0.05, 0.1) is 6.04 Å². The molecule has 0 unspecified atom stereocenters. The van der Waals surface area contributed by atoms with Gasteiger partial charge in [0.1, 0.15) is 0 Å². The largest absolute Gasteiger partial charge is 0.396 e. The van der Waals surface area contributed by atoms with E-state index in [1.165, 1.54) is 0 Å². The molecule has 1 fully saturated rings. The number of carbonyl (C=O) groups is 1. The van der Waals surface area contributed by atoms with E-state index in [2.05, 4.69) is 23.3 Å². The normalized spacial score (nSPS) is 18.9. The SMILES string of the molecule is C=C(/C=C/CCCCCCO)N[C@@H]1C[C@@H]1NC(=O)/C=C/CCCCCCO. The van der Waals surface area contributed by atoms with E-state index >= 15 is 0 Å². The number of amides is 1. The summed E-state index contributed by atoms with van der Waals surface area (Å²) in [4.78, 5) is 11.9. The molecule has 5 nitrogen and oxygen atoms in total.